The van der Waals surface area contributed by atoms with E-state index in [0.717, 1.165) is 37.3 Å². The number of ketones is 1. The van der Waals surface area contributed by atoms with E-state index in [4.69, 9.17) is 9.47 Å². The second kappa shape index (κ2) is 9.23. The van der Waals surface area contributed by atoms with E-state index in [-0.39, 0.29) is 11.7 Å². The molecule has 1 fully saturated rings. The van der Waals surface area contributed by atoms with Crippen LogP contribution in [-0.4, -0.2) is 26.5 Å². The minimum atomic E-state index is 0.243. The molecule has 4 heteroatoms. The highest BCUT2D eigenvalue weighted by Gasteiger charge is 2.18. The second-order valence-electron chi connectivity index (χ2n) is 5.96. The normalized spacial score (nSPS) is 15.6. The minimum Gasteiger partial charge on any atom is -0.493 e. The number of rotatable bonds is 8. The van der Waals surface area contributed by atoms with Crippen LogP contribution in [0.15, 0.2) is 30.5 Å². The Balaban J connectivity index is 1.74. The SMILES string of the molecule is COc1ccc(CCN/C=C/C(=O)C2CCCCC2)cc1OC. The maximum Gasteiger partial charge on any atom is 0.160 e. The van der Waals surface area contributed by atoms with E-state index < -0.39 is 0 Å². The number of allylic oxidation sites excluding steroid dienone is 1. The Morgan fingerprint density at radius 3 is 2.61 bits per heavy atom. The molecular weight excluding hydrogens is 290 g/mol. The third-order valence-electron chi connectivity index (χ3n) is 4.38. The highest BCUT2D eigenvalue weighted by molar-refractivity contribution is 5.91. The van der Waals surface area contributed by atoms with Crippen molar-refractivity contribution in [2.45, 2.75) is 38.5 Å². The second-order valence-corrected chi connectivity index (χ2v) is 5.96. The summed E-state index contributed by atoms with van der Waals surface area (Å²) < 4.78 is 10.5. The van der Waals surface area contributed by atoms with Crippen molar-refractivity contribution in [3.8, 4) is 11.5 Å². The van der Waals surface area contributed by atoms with E-state index in [1.807, 2.05) is 18.2 Å². The lowest BCUT2D eigenvalue weighted by Gasteiger charge is -2.18. The number of ether oxygens (including phenoxy) is 2. The lowest BCUT2D eigenvalue weighted by Crippen LogP contribution is -2.17. The molecule has 1 aliphatic carbocycles. The molecule has 23 heavy (non-hydrogen) atoms. The molecule has 1 aliphatic rings. The molecule has 0 spiro atoms. The van der Waals surface area contributed by atoms with Crippen LogP contribution in [0.3, 0.4) is 0 Å². The standard InChI is InChI=1S/C19H27NO3/c1-22-18-9-8-15(14-19(18)23-2)10-12-20-13-11-17(21)16-6-4-3-5-7-16/h8-9,11,13-14,16,20H,3-7,10,12H2,1-2H3/b13-11+. The predicted octanol–water partition coefficient (Wildman–Crippen LogP) is 3.50. The van der Waals surface area contributed by atoms with Crippen LogP contribution in [-0.2, 0) is 11.2 Å². The smallest absolute Gasteiger partial charge is 0.160 e. The van der Waals surface area contributed by atoms with Gasteiger partial charge in [-0.25, -0.2) is 0 Å². The summed E-state index contributed by atoms with van der Waals surface area (Å²) in [6, 6.07) is 5.92. The number of hydrogen-bond acceptors (Lipinski definition) is 4. The fourth-order valence-electron chi connectivity index (χ4n) is 3.00. The molecule has 126 valence electrons. The fourth-order valence-corrected chi connectivity index (χ4v) is 3.00. The molecule has 1 aromatic carbocycles. The van der Waals surface area contributed by atoms with Crippen molar-refractivity contribution in [1.29, 1.82) is 0 Å². The van der Waals surface area contributed by atoms with Gasteiger partial charge in [0.05, 0.1) is 14.2 Å². The molecule has 0 bridgehead atoms. The maximum absolute atomic E-state index is 12.0. The Morgan fingerprint density at radius 2 is 1.91 bits per heavy atom. The molecule has 0 saturated heterocycles. The minimum absolute atomic E-state index is 0.243. The highest BCUT2D eigenvalue weighted by atomic mass is 16.5. The Morgan fingerprint density at radius 1 is 1.17 bits per heavy atom. The monoisotopic (exact) mass is 317 g/mol. The van der Waals surface area contributed by atoms with Gasteiger partial charge in [-0.3, -0.25) is 4.79 Å². The van der Waals surface area contributed by atoms with Crippen LogP contribution in [0.5, 0.6) is 11.5 Å². The first-order valence-electron chi connectivity index (χ1n) is 8.39. The van der Waals surface area contributed by atoms with Crippen LogP contribution < -0.4 is 14.8 Å². The van der Waals surface area contributed by atoms with Crippen molar-refractivity contribution in [2.75, 3.05) is 20.8 Å². The van der Waals surface area contributed by atoms with Crippen LogP contribution in [0.25, 0.3) is 0 Å². The lowest BCUT2D eigenvalue weighted by atomic mass is 9.86. The molecule has 0 heterocycles. The first kappa shape index (κ1) is 17.4. The fraction of sp³-hybridized carbons (Fsp3) is 0.526. The van der Waals surface area contributed by atoms with Crippen LogP contribution in [0, 0.1) is 5.92 Å². The number of carbonyl (C=O) groups is 1. The van der Waals surface area contributed by atoms with Gasteiger partial charge >= 0.3 is 0 Å². The topological polar surface area (TPSA) is 47.6 Å². The van der Waals surface area contributed by atoms with Gasteiger partial charge in [0, 0.05) is 12.5 Å². The molecular formula is C19H27NO3. The maximum atomic E-state index is 12.0. The molecule has 0 aliphatic heterocycles. The molecule has 0 radical (unpaired) electrons. The highest BCUT2D eigenvalue weighted by Crippen LogP contribution is 2.27. The van der Waals surface area contributed by atoms with Crippen molar-refractivity contribution in [2.24, 2.45) is 5.92 Å². The van der Waals surface area contributed by atoms with Crippen LogP contribution in [0.4, 0.5) is 0 Å². The molecule has 0 unspecified atom stereocenters. The van der Waals surface area contributed by atoms with E-state index in [1.165, 1.54) is 24.8 Å². The average Bonchev–Trinajstić information content (AvgIpc) is 2.61. The van der Waals surface area contributed by atoms with Gasteiger partial charge in [-0.1, -0.05) is 25.3 Å². The summed E-state index contributed by atoms with van der Waals surface area (Å²) >= 11 is 0. The van der Waals surface area contributed by atoms with Crippen molar-refractivity contribution in [3.05, 3.63) is 36.0 Å². The number of carbonyl (C=O) groups excluding carboxylic acids is 1. The number of nitrogens with one attached hydrogen (secondary N) is 1. The quantitative estimate of drug-likeness (QED) is 0.589. The molecule has 1 N–H and O–H groups in total. The molecule has 1 saturated carbocycles. The van der Waals surface area contributed by atoms with E-state index in [2.05, 4.69) is 5.32 Å². The molecule has 4 nitrogen and oxygen atoms in total. The summed E-state index contributed by atoms with van der Waals surface area (Å²) in [7, 11) is 3.27. The van der Waals surface area contributed by atoms with Gasteiger partial charge in [0.15, 0.2) is 17.3 Å². The van der Waals surface area contributed by atoms with Gasteiger partial charge in [0.1, 0.15) is 0 Å². The Hall–Kier alpha value is -1.97. The lowest BCUT2D eigenvalue weighted by molar-refractivity contribution is -0.119. The van der Waals surface area contributed by atoms with Gasteiger partial charge in [0.2, 0.25) is 0 Å². The molecule has 0 aromatic heterocycles. The zero-order valence-electron chi connectivity index (χ0n) is 14.1. The van der Waals surface area contributed by atoms with E-state index in [0.29, 0.717) is 0 Å². The summed E-state index contributed by atoms with van der Waals surface area (Å²) in [5, 5.41) is 3.20. The first-order chi connectivity index (χ1) is 11.2. The number of benzene rings is 1. The largest absolute Gasteiger partial charge is 0.493 e. The van der Waals surface area contributed by atoms with Crippen LogP contribution in [0.1, 0.15) is 37.7 Å². The van der Waals surface area contributed by atoms with Gasteiger partial charge in [-0.15, -0.1) is 0 Å². The Bertz CT molecular complexity index is 533. The Labute approximate surface area is 138 Å². The van der Waals surface area contributed by atoms with Crippen molar-refractivity contribution >= 4 is 5.78 Å². The zero-order valence-corrected chi connectivity index (χ0v) is 14.1. The van der Waals surface area contributed by atoms with Gasteiger partial charge in [-0.2, -0.15) is 0 Å². The summed E-state index contributed by atoms with van der Waals surface area (Å²) in [5.41, 5.74) is 1.17. The zero-order chi connectivity index (χ0) is 16.5. The number of hydrogen-bond donors (Lipinski definition) is 1. The van der Waals surface area contributed by atoms with E-state index in [1.54, 1.807) is 26.5 Å². The van der Waals surface area contributed by atoms with Crippen molar-refractivity contribution in [3.63, 3.8) is 0 Å². The van der Waals surface area contributed by atoms with E-state index in [9.17, 15) is 4.79 Å². The summed E-state index contributed by atoms with van der Waals surface area (Å²) in [5.74, 6) is 1.99. The third kappa shape index (κ3) is 5.31. The predicted molar refractivity (Wildman–Crippen MR) is 92.0 cm³/mol. The molecule has 0 atom stereocenters. The van der Waals surface area contributed by atoms with Gasteiger partial charge < -0.3 is 14.8 Å². The van der Waals surface area contributed by atoms with Crippen molar-refractivity contribution < 1.29 is 14.3 Å². The number of methoxy groups -OCH3 is 2. The van der Waals surface area contributed by atoms with Crippen molar-refractivity contribution in [1.82, 2.24) is 5.32 Å². The summed E-state index contributed by atoms with van der Waals surface area (Å²) in [6.45, 7) is 0.782. The Kier molecular flexibility index (Phi) is 6.98. The molecule has 2 rings (SSSR count). The van der Waals surface area contributed by atoms with Crippen LogP contribution >= 0.6 is 0 Å². The average molecular weight is 317 g/mol. The van der Waals surface area contributed by atoms with Crippen LogP contribution in [0.2, 0.25) is 0 Å². The summed E-state index contributed by atoms with van der Waals surface area (Å²) in [6.07, 6.45) is 10.1. The van der Waals surface area contributed by atoms with Gasteiger partial charge in [-0.05, 0) is 49.2 Å². The molecule has 0 amide bonds. The first-order valence-corrected chi connectivity index (χ1v) is 8.39. The third-order valence-corrected chi connectivity index (χ3v) is 4.38. The van der Waals surface area contributed by atoms with Gasteiger partial charge in [0.25, 0.3) is 0 Å². The van der Waals surface area contributed by atoms with E-state index >= 15 is 0 Å². The molecule has 1 aromatic rings. The summed E-state index contributed by atoms with van der Waals surface area (Å²) in [4.78, 5) is 12.0.